The van der Waals surface area contributed by atoms with E-state index in [0.717, 1.165) is 31.9 Å². The number of amidine groups is 1. The number of imidazole rings is 1. The van der Waals surface area contributed by atoms with Crippen LogP contribution in [-0.4, -0.2) is 26.8 Å². The van der Waals surface area contributed by atoms with E-state index in [2.05, 4.69) is 14.5 Å². The maximum atomic E-state index is 7.72. The van der Waals surface area contributed by atoms with Gasteiger partial charge in [-0.15, -0.1) is 0 Å². The Labute approximate surface area is 77.7 Å². The minimum atomic E-state index is 0.717. The van der Waals surface area contributed by atoms with Crippen molar-refractivity contribution in [2.75, 3.05) is 6.54 Å². The highest BCUT2D eigenvalue weighted by atomic mass is 15.3. The number of hydrogen-bond acceptors (Lipinski definition) is 2. The van der Waals surface area contributed by atoms with E-state index in [-0.39, 0.29) is 0 Å². The highest BCUT2D eigenvalue weighted by Gasteiger charge is 2.17. The topological polar surface area (TPSA) is 44.9 Å². The molecule has 0 spiro atoms. The van der Waals surface area contributed by atoms with Gasteiger partial charge in [0, 0.05) is 31.9 Å². The van der Waals surface area contributed by atoms with Crippen molar-refractivity contribution < 1.29 is 0 Å². The first-order valence-corrected chi connectivity index (χ1v) is 4.63. The predicted octanol–water partition coefficient (Wildman–Crippen LogP) is 1.09. The molecule has 0 fully saturated rings. The SMILES string of the molecule is CCC(=N)N1CCn2ccnc2C1. The van der Waals surface area contributed by atoms with E-state index in [0.29, 0.717) is 5.84 Å². The molecule has 70 valence electrons. The number of rotatable bonds is 1. The molecule has 0 aliphatic carbocycles. The van der Waals surface area contributed by atoms with Crippen molar-refractivity contribution in [2.45, 2.75) is 26.4 Å². The van der Waals surface area contributed by atoms with Gasteiger partial charge in [0.15, 0.2) is 0 Å². The number of hydrogen-bond donors (Lipinski definition) is 1. The van der Waals surface area contributed by atoms with Crippen LogP contribution in [-0.2, 0) is 13.1 Å². The highest BCUT2D eigenvalue weighted by Crippen LogP contribution is 2.10. The van der Waals surface area contributed by atoms with Crippen LogP contribution in [0.15, 0.2) is 12.4 Å². The minimum Gasteiger partial charge on any atom is -0.351 e. The number of fused-ring (bicyclic) bond motifs is 1. The Balaban J connectivity index is 2.13. The Morgan fingerprint density at radius 2 is 2.46 bits per heavy atom. The predicted molar refractivity (Wildman–Crippen MR) is 50.7 cm³/mol. The molecule has 4 nitrogen and oxygen atoms in total. The average molecular weight is 178 g/mol. The average Bonchev–Trinajstić information content (AvgIpc) is 2.63. The first-order valence-electron chi connectivity index (χ1n) is 4.63. The van der Waals surface area contributed by atoms with Crippen molar-refractivity contribution in [3.05, 3.63) is 18.2 Å². The molecule has 0 atom stereocenters. The fourth-order valence-electron chi connectivity index (χ4n) is 1.63. The van der Waals surface area contributed by atoms with Crippen LogP contribution in [0.3, 0.4) is 0 Å². The van der Waals surface area contributed by atoms with Crippen molar-refractivity contribution in [1.82, 2.24) is 14.5 Å². The maximum absolute atomic E-state index is 7.72. The smallest absolute Gasteiger partial charge is 0.128 e. The van der Waals surface area contributed by atoms with Gasteiger partial charge in [-0.2, -0.15) is 0 Å². The molecule has 0 radical (unpaired) electrons. The van der Waals surface area contributed by atoms with Crippen LogP contribution < -0.4 is 0 Å². The summed E-state index contributed by atoms with van der Waals surface area (Å²) in [6.45, 7) is 4.71. The summed E-state index contributed by atoms with van der Waals surface area (Å²) in [5.74, 6) is 1.79. The van der Waals surface area contributed by atoms with E-state index in [1.165, 1.54) is 0 Å². The molecule has 0 amide bonds. The molecule has 0 aromatic carbocycles. The Bertz CT molecular complexity index is 315. The third-order valence-corrected chi connectivity index (χ3v) is 2.46. The van der Waals surface area contributed by atoms with Crippen molar-refractivity contribution in [3.63, 3.8) is 0 Å². The fourth-order valence-corrected chi connectivity index (χ4v) is 1.63. The molecule has 1 N–H and O–H groups in total. The lowest BCUT2D eigenvalue weighted by atomic mass is 10.3. The summed E-state index contributed by atoms with van der Waals surface area (Å²) in [5.41, 5.74) is 0. The summed E-state index contributed by atoms with van der Waals surface area (Å²) in [7, 11) is 0. The molecule has 0 bridgehead atoms. The third-order valence-electron chi connectivity index (χ3n) is 2.46. The van der Waals surface area contributed by atoms with E-state index >= 15 is 0 Å². The zero-order valence-corrected chi connectivity index (χ0v) is 7.82. The number of aromatic nitrogens is 2. The van der Waals surface area contributed by atoms with Crippen LogP contribution in [0, 0.1) is 5.41 Å². The molecule has 13 heavy (non-hydrogen) atoms. The lowest BCUT2D eigenvalue weighted by Crippen LogP contribution is -2.37. The van der Waals surface area contributed by atoms with E-state index in [1.807, 2.05) is 19.3 Å². The first kappa shape index (κ1) is 8.29. The summed E-state index contributed by atoms with van der Waals surface area (Å²) < 4.78 is 2.15. The summed E-state index contributed by atoms with van der Waals surface area (Å²) in [6.07, 6.45) is 4.64. The van der Waals surface area contributed by atoms with Crippen LogP contribution in [0.5, 0.6) is 0 Å². The molecule has 0 saturated carbocycles. The van der Waals surface area contributed by atoms with Crippen LogP contribution >= 0.6 is 0 Å². The third kappa shape index (κ3) is 1.43. The molecule has 1 aromatic heterocycles. The van der Waals surface area contributed by atoms with Crippen LogP contribution in [0.2, 0.25) is 0 Å². The van der Waals surface area contributed by atoms with Gasteiger partial charge in [0.2, 0.25) is 0 Å². The van der Waals surface area contributed by atoms with Crippen molar-refractivity contribution in [2.24, 2.45) is 0 Å². The van der Waals surface area contributed by atoms with Gasteiger partial charge in [-0.1, -0.05) is 6.92 Å². The molecule has 1 aliphatic rings. The Morgan fingerprint density at radius 3 is 3.23 bits per heavy atom. The summed E-state index contributed by atoms with van der Waals surface area (Å²) in [6, 6.07) is 0. The molecular weight excluding hydrogens is 164 g/mol. The van der Waals surface area contributed by atoms with Gasteiger partial charge in [-0.05, 0) is 0 Å². The summed E-state index contributed by atoms with van der Waals surface area (Å²) >= 11 is 0. The van der Waals surface area contributed by atoms with E-state index in [9.17, 15) is 0 Å². The minimum absolute atomic E-state index is 0.717. The number of nitrogens with zero attached hydrogens (tertiary/aromatic N) is 3. The molecule has 1 aliphatic heterocycles. The van der Waals surface area contributed by atoms with Gasteiger partial charge in [0.05, 0.1) is 12.4 Å². The maximum Gasteiger partial charge on any atom is 0.128 e. The van der Waals surface area contributed by atoms with E-state index in [1.54, 1.807) is 0 Å². The summed E-state index contributed by atoms with van der Waals surface area (Å²) in [4.78, 5) is 6.33. The van der Waals surface area contributed by atoms with Gasteiger partial charge in [0.25, 0.3) is 0 Å². The fraction of sp³-hybridized carbons (Fsp3) is 0.556. The first-order chi connectivity index (χ1) is 6.31. The molecular formula is C9H14N4. The van der Waals surface area contributed by atoms with Crippen molar-refractivity contribution in [1.29, 1.82) is 5.41 Å². The standard InChI is InChI=1S/C9H14N4/c1-2-8(10)13-6-5-12-4-3-11-9(12)7-13/h3-4,10H,2,5-7H2,1H3. The second-order valence-electron chi connectivity index (χ2n) is 3.26. The van der Waals surface area contributed by atoms with E-state index < -0.39 is 0 Å². The molecule has 2 heterocycles. The van der Waals surface area contributed by atoms with Crippen LogP contribution in [0.4, 0.5) is 0 Å². The van der Waals surface area contributed by atoms with Crippen molar-refractivity contribution >= 4 is 5.84 Å². The quantitative estimate of drug-likeness (QED) is 0.516. The Kier molecular flexibility index (Phi) is 2.04. The van der Waals surface area contributed by atoms with Gasteiger partial charge in [-0.25, -0.2) is 4.98 Å². The second-order valence-corrected chi connectivity index (χ2v) is 3.26. The van der Waals surface area contributed by atoms with E-state index in [4.69, 9.17) is 5.41 Å². The monoisotopic (exact) mass is 178 g/mol. The van der Waals surface area contributed by atoms with Gasteiger partial charge >= 0.3 is 0 Å². The number of nitrogens with one attached hydrogen (secondary N) is 1. The largest absolute Gasteiger partial charge is 0.351 e. The van der Waals surface area contributed by atoms with Crippen LogP contribution in [0.25, 0.3) is 0 Å². The highest BCUT2D eigenvalue weighted by molar-refractivity contribution is 5.78. The molecule has 1 aromatic rings. The molecule has 4 heteroatoms. The summed E-state index contributed by atoms with van der Waals surface area (Å²) in [5, 5.41) is 7.72. The molecule has 0 saturated heterocycles. The van der Waals surface area contributed by atoms with Gasteiger partial charge in [-0.3, -0.25) is 5.41 Å². The lowest BCUT2D eigenvalue weighted by molar-refractivity contribution is 0.323. The zero-order valence-electron chi connectivity index (χ0n) is 7.82. The molecule has 0 unspecified atom stereocenters. The lowest BCUT2D eigenvalue weighted by Gasteiger charge is -2.29. The Morgan fingerprint density at radius 1 is 1.62 bits per heavy atom. The van der Waals surface area contributed by atoms with Gasteiger partial charge in [0.1, 0.15) is 5.82 Å². The molecule has 2 rings (SSSR count). The Hall–Kier alpha value is -1.32. The van der Waals surface area contributed by atoms with Crippen LogP contribution in [0.1, 0.15) is 19.2 Å². The van der Waals surface area contributed by atoms with Gasteiger partial charge < -0.3 is 9.47 Å². The van der Waals surface area contributed by atoms with Crippen molar-refractivity contribution in [3.8, 4) is 0 Å². The second kappa shape index (κ2) is 3.20. The normalized spacial score (nSPS) is 15.6. The zero-order chi connectivity index (χ0) is 9.26.